The first-order chi connectivity index (χ1) is 20.7. The number of likely N-dealkylation sites (tertiary alicyclic amines) is 1. The van der Waals surface area contributed by atoms with Crippen molar-refractivity contribution >= 4 is 50.4 Å². The van der Waals surface area contributed by atoms with Gasteiger partial charge in [0.25, 0.3) is 15.6 Å². The summed E-state index contributed by atoms with van der Waals surface area (Å²) in [5.41, 5.74) is -1.44. The van der Waals surface area contributed by atoms with Crippen LogP contribution >= 0.6 is 11.6 Å². The summed E-state index contributed by atoms with van der Waals surface area (Å²) < 4.78 is 55.8. The van der Waals surface area contributed by atoms with Gasteiger partial charge < -0.3 is 19.7 Å². The minimum Gasteiger partial charge on any atom is -0.480 e. The van der Waals surface area contributed by atoms with Gasteiger partial charge >= 0.3 is 6.09 Å². The van der Waals surface area contributed by atoms with Gasteiger partial charge in [-0.3, -0.25) is 14.1 Å². The topological polar surface area (TPSA) is 158 Å². The lowest BCUT2D eigenvalue weighted by Crippen LogP contribution is -2.58. The van der Waals surface area contributed by atoms with E-state index in [4.69, 9.17) is 21.1 Å². The van der Waals surface area contributed by atoms with Gasteiger partial charge in [-0.05, 0) is 39.0 Å². The largest absolute Gasteiger partial charge is 0.480 e. The Morgan fingerprint density at radius 1 is 1.14 bits per heavy atom. The number of hydrogen-bond donors (Lipinski definition) is 2. The van der Waals surface area contributed by atoms with Crippen molar-refractivity contribution in [1.82, 2.24) is 24.4 Å². The second kappa shape index (κ2) is 11.5. The van der Waals surface area contributed by atoms with Crippen molar-refractivity contribution in [3.8, 4) is 17.0 Å². The zero-order chi connectivity index (χ0) is 32.0. The number of carbonyl (C=O) groups is 1. The number of nitrogens with one attached hydrogen (secondary N) is 2. The standard InChI is InChI=1S/C28H29ClFN7O6S/c1-28(2,3)43-27(39)37-13-17(14-37)33-26-32-11-15-9-19(25(38)36(4)23(15)34-26)18-7-6-8-20(22(18)30)35-44(40,41)21-10-16(29)12-31-24(21)42-5/h6-12,17,35H,13-14H2,1-5H3,(H,32,33,34). The molecule has 44 heavy (non-hydrogen) atoms. The molecule has 1 amide bonds. The number of carbonyl (C=O) groups excluding carboxylic acids is 1. The molecular weight excluding hydrogens is 617 g/mol. The fraction of sp³-hybridized carbons (Fsp3) is 0.321. The summed E-state index contributed by atoms with van der Waals surface area (Å²) in [6.45, 7) is 6.18. The zero-order valence-corrected chi connectivity index (χ0v) is 26.0. The number of sulfonamides is 1. The Bertz CT molecular complexity index is 1940. The number of benzene rings is 1. The lowest BCUT2D eigenvalue weighted by atomic mass is 10.0. The highest BCUT2D eigenvalue weighted by Crippen LogP contribution is 2.31. The van der Waals surface area contributed by atoms with E-state index in [1.807, 2.05) is 0 Å². The maximum atomic E-state index is 15.8. The molecule has 4 heterocycles. The molecule has 0 atom stereocenters. The molecule has 0 saturated carbocycles. The molecule has 1 aliphatic rings. The number of aromatic nitrogens is 4. The van der Waals surface area contributed by atoms with Crippen LogP contribution in [0.3, 0.4) is 0 Å². The number of pyridine rings is 2. The summed E-state index contributed by atoms with van der Waals surface area (Å²) in [6.07, 6.45) is 2.29. The highest BCUT2D eigenvalue weighted by molar-refractivity contribution is 7.92. The molecule has 1 fully saturated rings. The average Bonchev–Trinajstić information content (AvgIpc) is 2.92. The van der Waals surface area contributed by atoms with Crippen molar-refractivity contribution < 1.29 is 27.1 Å². The molecule has 0 bridgehead atoms. The quantitative estimate of drug-likeness (QED) is 0.301. The van der Waals surface area contributed by atoms with Crippen LogP contribution in [-0.2, 0) is 21.8 Å². The summed E-state index contributed by atoms with van der Waals surface area (Å²) in [5.74, 6) is -0.948. The molecule has 3 aromatic heterocycles. The third-order valence-electron chi connectivity index (χ3n) is 6.62. The number of aryl methyl sites for hydroxylation is 1. The summed E-state index contributed by atoms with van der Waals surface area (Å²) >= 11 is 5.93. The van der Waals surface area contributed by atoms with Crippen molar-refractivity contribution in [3.63, 3.8) is 0 Å². The number of methoxy groups -OCH3 is 1. The van der Waals surface area contributed by atoms with Crippen molar-refractivity contribution in [2.75, 3.05) is 30.2 Å². The molecule has 232 valence electrons. The van der Waals surface area contributed by atoms with Crippen LogP contribution in [-0.4, -0.2) is 70.8 Å². The molecule has 0 radical (unpaired) electrons. The Hall–Kier alpha value is -4.50. The third kappa shape index (κ3) is 6.24. The number of hydrogen-bond acceptors (Lipinski definition) is 10. The van der Waals surface area contributed by atoms with E-state index in [0.29, 0.717) is 18.5 Å². The number of amides is 1. The van der Waals surface area contributed by atoms with Crippen LogP contribution in [0.5, 0.6) is 5.88 Å². The predicted molar refractivity (Wildman–Crippen MR) is 162 cm³/mol. The number of rotatable bonds is 7. The van der Waals surface area contributed by atoms with Gasteiger partial charge in [-0.15, -0.1) is 0 Å². The lowest BCUT2D eigenvalue weighted by molar-refractivity contribution is 0.0104. The van der Waals surface area contributed by atoms with E-state index in [2.05, 4.69) is 25.0 Å². The van der Waals surface area contributed by atoms with Crippen LogP contribution < -0.4 is 20.3 Å². The SMILES string of the molecule is COc1ncc(Cl)cc1S(=O)(=O)Nc1cccc(-c2cc3cnc(NC4CN(C(=O)OC(C)(C)C)C4)nc3n(C)c2=O)c1F. The summed E-state index contributed by atoms with van der Waals surface area (Å²) in [7, 11) is -1.66. The highest BCUT2D eigenvalue weighted by atomic mass is 35.5. The Morgan fingerprint density at radius 2 is 1.86 bits per heavy atom. The van der Waals surface area contributed by atoms with Crippen molar-refractivity contribution in [1.29, 1.82) is 0 Å². The molecule has 0 aliphatic carbocycles. The number of nitrogens with zero attached hydrogens (tertiary/aromatic N) is 5. The Balaban J connectivity index is 1.39. The van der Waals surface area contributed by atoms with Crippen LogP contribution in [0.4, 0.5) is 20.8 Å². The maximum absolute atomic E-state index is 15.8. The number of halogens is 2. The van der Waals surface area contributed by atoms with Gasteiger partial charge in [0.15, 0.2) is 10.7 Å². The van der Waals surface area contributed by atoms with Crippen molar-refractivity contribution in [2.24, 2.45) is 7.05 Å². The van der Waals surface area contributed by atoms with E-state index >= 15 is 4.39 Å². The minimum atomic E-state index is -4.38. The summed E-state index contributed by atoms with van der Waals surface area (Å²) in [4.78, 5) is 39.4. The molecule has 1 saturated heterocycles. The zero-order valence-electron chi connectivity index (χ0n) is 24.4. The monoisotopic (exact) mass is 645 g/mol. The molecule has 5 rings (SSSR count). The summed E-state index contributed by atoms with van der Waals surface area (Å²) in [6, 6.07) is 6.45. The maximum Gasteiger partial charge on any atom is 0.410 e. The van der Waals surface area contributed by atoms with Gasteiger partial charge in [-0.2, -0.15) is 4.98 Å². The molecule has 1 aromatic carbocycles. The predicted octanol–water partition coefficient (Wildman–Crippen LogP) is 4.02. The first-order valence-electron chi connectivity index (χ1n) is 13.3. The Labute approximate surface area is 257 Å². The van der Waals surface area contributed by atoms with Gasteiger partial charge in [-0.25, -0.2) is 27.6 Å². The third-order valence-corrected chi connectivity index (χ3v) is 8.18. The van der Waals surface area contributed by atoms with Crippen LogP contribution in [0.1, 0.15) is 20.8 Å². The molecule has 16 heteroatoms. The number of anilines is 2. The number of fused-ring (bicyclic) bond motifs is 1. The smallest absolute Gasteiger partial charge is 0.410 e. The number of ether oxygens (including phenoxy) is 2. The Morgan fingerprint density at radius 3 is 2.55 bits per heavy atom. The van der Waals surface area contributed by atoms with E-state index in [9.17, 15) is 18.0 Å². The minimum absolute atomic E-state index is 0.0307. The van der Waals surface area contributed by atoms with Gasteiger partial charge in [0.2, 0.25) is 11.8 Å². The molecular formula is C28H29ClFN7O6S. The van der Waals surface area contributed by atoms with Gasteiger partial charge in [0.05, 0.1) is 29.4 Å². The molecule has 4 aromatic rings. The van der Waals surface area contributed by atoms with E-state index in [1.165, 1.54) is 55.4 Å². The summed E-state index contributed by atoms with van der Waals surface area (Å²) in [5, 5.41) is 3.62. The van der Waals surface area contributed by atoms with Crippen LogP contribution in [0.2, 0.25) is 5.02 Å². The molecule has 2 N–H and O–H groups in total. The first-order valence-corrected chi connectivity index (χ1v) is 15.2. The second-order valence-corrected chi connectivity index (χ2v) is 13.1. The van der Waals surface area contributed by atoms with E-state index in [1.54, 1.807) is 25.7 Å². The highest BCUT2D eigenvalue weighted by Gasteiger charge is 2.34. The molecule has 13 nitrogen and oxygen atoms in total. The normalized spacial score (nSPS) is 13.8. The first kappa shape index (κ1) is 30.9. The molecule has 1 aliphatic heterocycles. The van der Waals surface area contributed by atoms with Crippen molar-refractivity contribution in [2.45, 2.75) is 37.3 Å². The molecule has 0 spiro atoms. The van der Waals surface area contributed by atoms with Crippen LogP contribution in [0, 0.1) is 5.82 Å². The van der Waals surface area contributed by atoms with E-state index in [0.717, 1.165) is 6.07 Å². The fourth-order valence-corrected chi connectivity index (χ4v) is 5.94. The van der Waals surface area contributed by atoms with Crippen molar-refractivity contribution in [3.05, 3.63) is 63.9 Å². The van der Waals surface area contributed by atoms with Gasteiger partial charge in [-0.1, -0.05) is 23.7 Å². The Kier molecular flexibility index (Phi) is 8.11. The van der Waals surface area contributed by atoms with Crippen LogP contribution in [0.15, 0.2) is 52.4 Å². The fourth-order valence-electron chi connectivity index (χ4n) is 4.51. The van der Waals surface area contributed by atoms with Crippen LogP contribution in [0.25, 0.3) is 22.2 Å². The van der Waals surface area contributed by atoms with E-state index in [-0.39, 0.29) is 44.6 Å². The average molecular weight is 646 g/mol. The second-order valence-electron chi connectivity index (χ2n) is 11.1. The van der Waals surface area contributed by atoms with E-state index < -0.39 is 38.8 Å². The molecule has 0 unspecified atom stereocenters. The van der Waals surface area contributed by atoms with Gasteiger partial charge in [0.1, 0.15) is 11.2 Å². The van der Waals surface area contributed by atoms with Gasteiger partial charge in [0, 0.05) is 43.5 Å². The lowest BCUT2D eigenvalue weighted by Gasteiger charge is -2.39.